The van der Waals surface area contributed by atoms with E-state index in [0.29, 0.717) is 0 Å². The van der Waals surface area contributed by atoms with Crippen molar-refractivity contribution in [3.63, 3.8) is 0 Å². The Hall–Kier alpha value is -0.940. The first-order chi connectivity index (χ1) is 9.04. The molecule has 0 aromatic carbocycles. The van der Waals surface area contributed by atoms with E-state index in [0.717, 1.165) is 63.4 Å². The van der Waals surface area contributed by atoms with Crippen molar-refractivity contribution in [3.05, 3.63) is 11.6 Å². The Morgan fingerprint density at radius 1 is 1.32 bits per heavy atom. The summed E-state index contributed by atoms with van der Waals surface area (Å²) in [5.74, 6) is 1.98. The smallest absolute Gasteiger partial charge is 0.147 e. The highest BCUT2D eigenvalue weighted by Gasteiger charge is 2.32. The van der Waals surface area contributed by atoms with Gasteiger partial charge in [-0.1, -0.05) is 19.8 Å². The Morgan fingerprint density at radius 2 is 2.00 bits per heavy atom. The number of aliphatic hydroxyl groups is 1. The number of hydrogen-bond acceptors (Lipinski definition) is 4. The lowest BCUT2D eigenvalue weighted by molar-refractivity contribution is 0.0137. The van der Waals surface area contributed by atoms with Gasteiger partial charge in [0.1, 0.15) is 11.6 Å². The molecule has 1 aliphatic carbocycles. The van der Waals surface area contributed by atoms with Crippen LogP contribution in [0.1, 0.15) is 50.7 Å². The maximum atomic E-state index is 10.4. The Labute approximate surface area is 115 Å². The Bertz CT molecular complexity index is 410. The fourth-order valence-corrected chi connectivity index (χ4v) is 3.05. The first-order valence-corrected chi connectivity index (χ1v) is 7.34. The molecule has 1 aromatic rings. The third-order valence-electron chi connectivity index (χ3n) is 3.97. The summed E-state index contributed by atoms with van der Waals surface area (Å²) in [6, 6.07) is 0. The lowest BCUT2D eigenvalue weighted by atomic mass is 10.0. The molecule has 19 heavy (non-hydrogen) atoms. The minimum atomic E-state index is -0.487. The SMILES string of the molecule is CCCn1c(C)nnc1CN(C)CC1(O)CCCC1. The van der Waals surface area contributed by atoms with Crippen LogP contribution in [0.4, 0.5) is 0 Å². The zero-order valence-electron chi connectivity index (χ0n) is 12.4. The molecule has 0 atom stereocenters. The predicted molar refractivity (Wildman–Crippen MR) is 74.8 cm³/mol. The molecule has 0 saturated heterocycles. The second-order valence-electron chi connectivity index (χ2n) is 5.92. The molecule has 0 unspecified atom stereocenters. The highest BCUT2D eigenvalue weighted by Crippen LogP contribution is 2.30. The number of aryl methyl sites for hydroxylation is 1. The van der Waals surface area contributed by atoms with Crippen molar-refractivity contribution in [2.45, 2.75) is 64.6 Å². The summed E-state index contributed by atoms with van der Waals surface area (Å²) in [4.78, 5) is 2.17. The molecule has 1 fully saturated rings. The van der Waals surface area contributed by atoms with E-state index < -0.39 is 5.60 Å². The van der Waals surface area contributed by atoms with Gasteiger partial charge >= 0.3 is 0 Å². The van der Waals surface area contributed by atoms with Gasteiger partial charge in [0, 0.05) is 13.1 Å². The van der Waals surface area contributed by atoms with Crippen molar-refractivity contribution >= 4 is 0 Å². The van der Waals surface area contributed by atoms with Gasteiger partial charge in [-0.05, 0) is 33.2 Å². The average Bonchev–Trinajstić information content (AvgIpc) is 2.90. The predicted octanol–water partition coefficient (Wildman–Crippen LogP) is 1.73. The van der Waals surface area contributed by atoms with Gasteiger partial charge in [0.2, 0.25) is 0 Å². The van der Waals surface area contributed by atoms with E-state index in [1.807, 2.05) is 6.92 Å². The van der Waals surface area contributed by atoms with Crippen molar-refractivity contribution in [1.29, 1.82) is 0 Å². The summed E-state index contributed by atoms with van der Waals surface area (Å²) in [6.45, 7) is 6.60. The minimum absolute atomic E-state index is 0.487. The number of aromatic nitrogens is 3. The fourth-order valence-electron chi connectivity index (χ4n) is 3.05. The van der Waals surface area contributed by atoms with Crippen LogP contribution in [0.3, 0.4) is 0 Å². The van der Waals surface area contributed by atoms with E-state index in [1.165, 1.54) is 0 Å². The average molecular weight is 266 g/mol. The molecule has 0 radical (unpaired) electrons. The number of hydrogen-bond donors (Lipinski definition) is 1. The number of likely N-dealkylation sites (N-methyl/N-ethyl adjacent to an activating group) is 1. The van der Waals surface area contributed by atoms with Crippen LogP contribution in [-0.2, 0) is 13.1 Å². The molecule has 5 nitrogen and oxygen atoms in total. The van der Waals surface area contributed by atoms with Crippen molar-refractivity contribution in [2.75, 3.05) is 13.6 Å². The Kier molecular flexibility index (Phi) is 4.58. The van der Waals surface area contributed by atoms with Crippen LogP contribution >= 0.6 is 0 Å². The molecule has 0 amide bonds. The van der Waals surface area contributed by atoms with Crippen LogP contribution in [0.25, 0.3) is 0 Å². The maximum Gasteiger partial charge on any atom is 0.147 e. The van der Waals surface area contributed by atoms with Gasteiger partial charge < -0.3 is 9.67 Å². The van der Waals surface area contributed by atoms with Crippen LogP contribution in [0.5, 0.6) is 0 Å². The zero-order chi connectivity index (χ0) is 13.9. The van der Waals surface area contributed by atoms with Gasteiger partial charge in [0.25, 0.3) is 0 Å². The molecule has 1 saturated carbocycles. The van der Waals surface area contributed by atoms with E-state index in [1.54, 1.807) is 0 Å². The second-order valence-corrected chi connectivity index (χ2v) is 5.92. The largest absolute Gasteiger partial charge is 0.389 e. The molecule has 0 bridgehead atoms. The Morgan fingerprint density at radius 3 is 2.63 bits per heavy atom. The Balaban J connectivity index is 1.96. The van der Waals surface area contributed by atoms with Crippen LogP contribution in [0.15, 0.2) is 0 Å². The second kappa shape index (κ2) is 6.01. The summed E-state index contributed by atoms with van der Waals surface area (Å²) in [6.07, 6.45) is 5.24. The number of rotatable bonds is 6. The van der Waals surface area contributed by atoms with Crippen LogP contribution in [0.2, 0.25) is 0 Å². The minimum Gasteiger partial charge on any atom is -0.389 e. The summed E-state index contributed by atoms with van der Waals surface area (Å²) >= 11 is 0. The first kappa shape index (κ1) is 14.5. The standard InChI is InChI=1S/C14H26N4O/c1-4-9-18-12(2)15-16-13(18)10-17(3)11-14(19)7-5-6-8-14/h19H,4-11H2,1-3H3. The van der Waals surface area contributed by atoms with Crippen molar-refractivity contribution < 1.29 is 5.11 Å². The van der Waals surface area contributed by atoms with Gasteiger partial charge in [0.15, 0.2) is 0 Å². The van der Waals surface area contributed by atoms with Gasteiger partial charge in [-0.25, -0.2) is 0 Å². The van der Waals surface area contributed by atoms with Crippen molar-refractivity contribution in [1.82, 2.24) is 19.7 Å². The summed E-state index contributed by atoms with van der Waals surface area (Å²) in [7, 11) is 2.05. The molecule has 5 heteroatoms. The molecule has 2 rings (SSSR count). The van der Waals surface area contributed by atoms with Crippen molar-refractivity contribution in [2.24, 2.45) is 0 Å². The van der Waals surface area contributed by atoms with Gasteiger partial charge in [0.05, 0.1) is 12.1 Å². The molecule has 1 aromatic heterocycles. The number of nitrogens with zero attached hydrogens (tertiary/aromatic N) is 4. The maximum absolute atomic E-state index is 10.4. The zero-order valence-corrected chi connectivity index (χ0v) is 12.4. The fraction of sp³-hybridized carbons (Fsp3) is 0.857. The van der Waals surface area contributed by atoms with E-state index in [4.69, 9.17) is 0 Å². The summed E-state index contributed by atoms with van der Waals surface area (Å²) in [5.41, 5.74) is -0.487. The third-order valence-corrected chi connectivity index (χ3v) is 3.97. The van der Waals surface area contributed by atoms with Gasteiger partial charge in [-0.2, -0.15) is 0 Å². The highest BCUT2D eigenvalue weighted by atomic mass is 16.3. The first-order valence-electron chi connectivity index (χ1n) is 7.34. The quantitative estimate of drug-likeness (QED) is 0.852. The monoisotopic (exact) mass is 266 g/mol. The molecule has 108 valence electrons. The highest BCUT2D eigenvalue weighted by molar-refractivity contribution is 4.95. The van der Waals surface area contributed by atoms with E-state index in [2.05, 4.69) is 33.6 Å². The molecule has 0 spiro atoms. The topological polar surface area (TPSA) is 54.2 Å². The lowest BCUT2D eigenvalue weighted by Gasteiger charge is -2.28. The normalized spacial score (nSPS) is 18.4. The van der Waals surface area contributed by atoms with Crippen LogP contribution < -0.4 is 0 Å². The summed E-state index contributed by atoms with van der Waals surface area (Å²) < 4.78 is 2.18. The van der Waals surface area contributed by atoms with E-state index in [9.17, 15) is 5.11 Å². The molecular formula is C14H26N4O. The van der Waals surface area contributed by atoms with E-state index >= 15 is 0 Å². The molecule has 1 aliphatic rings. The molecule has 1 N–H and O–H groups in total. The van der Waals surface area contributed by atoms with Gasteiger partial charge in [-0.3, -0.25) is 4.90 Å². The van der Waals surface area contributed by atoms with Crippen LogP contribution in [0, 0.1) is 6.92 Å². The molecule has 0 aliphatic heterocycles. The lowest BCUT2D eigenvalue weighted by Crippen LogP contribution is -2.39. The third kappa shape index (κ3) is 3.54. The van der Waals surface area contributed by atoms with Crippen molar-refractivity contribution in [3.8, 4) is 0 Å². The van der Waals surface area contributed by atoms with Crippen LogP contribution in [-0.4, -0.2) is 44.0 Å². The van der Waals surface area contributed by atoms with Gasteiger partial charge in [-0.15, -0.1) is 10.2 Å². The summed E-state index contributed by atoms with van der Waals surface area (Å²) in [5, 5.41) is 18.9. The molecular weight excluding hydrogens is 240 g/mol. The van der Waals surface area contributed by atoms with E-state index in [-0.39, 0.29) is 0 Å². The molecule has 1 heterocycles.